The van der Waals surface area contributed by atoms with Gasteiger partial charge in [0.2, 0.25) is 5.91 Å². The van der Waals surface area contributed by atoms with Crippen molar-refractivity contribution >= 4 is 17.5 Å². The van der Waals surface area contributed by atoms with Crippen LogP contribution in [0.3, 0.4) is 0 Å². The van der Waals surface area contributed by atoms with E-state index in [4.69, 9.17) is 4.74 Å². The molecule has 1 aliphatic heterocycles. The van der Waals surface area contributed by atoms with E-state index in [0.29, 0.717) is 25.1 Å². The fraction of sp³-hybridized carbons (Fsp3) is 0.333. The maximum absolute atomic E-state index is 12.5. The fourth-order valence-electron chi connectivity index (χ4n) is 3.09. The van der Waals surface area contributed by atoms with Gasteiger partial charge in [0.1, 0.15) is 5.75 Å². The predicted molar refractivity (Wildman–Crippen MR) is 102 cm³/mol. The summed E-state index contributed by atoms with van der Waals surface area (Å²) >= 11 is 0. The molecule has 1 fully saturated rings. The molecule has 0 aliphatic carbocycles. The number of benzene rings is 2. The average molecular weight is 352 g/mol. The zero-order valence-corrected chi connectivity index (χ0v) is 15.4. The summed E-state index contributed by atoms with van der Waals surface area (Å²) in [5.74, 6) is 0.654. The quantitative estimate of drug-likeness (QED) is 0.899. The molecule has 136 valence electrons. The van der Waals surface area contributed by atoms with E-state index >= 15 is 0 Å². The van der Waals surface area contributed by atoms with Crippen LogP contribution in [0.4, 0.5) is 5.69 Å². The predicted octanol–water partition coefficient (Wildman–Crippen LogP) is 3.24. The zero-order valence-electron chi connectivity index (χ0n) is 15.4. The Bertz CT molecular complexity index is 815. The zero-order chi connectivity index (χ0) is 18.7. The molecule has 2 aromatic rings. The third-order valence-corrected chi connectivity index (χ3v) is 4.69. The van der Waals surface area contributed by atoms with Crippen LogP contribution in [-0.2, 0) is 4.79 Å². The lowest BCUT2D eigenvalue weighted by molar-refractivity contribution is -0.117. The number of anilines is 1. The summed E-state index contributed by atoms with van der Waals surface area (Å²) in [6, 6.07) is 12.9. The second-order valence-corrected chi connectivity index (χ2v) is 6.60. The molecular formula is C21H24N2O3. The van der Waals surface area contributed by atoms with Crippen LogP contribution in [0.25, 0.3) is 0 Å². The van der Waals surface area contributed by atoms with Gasteiger partial charge >= 0.3 is 0 Å². The molecular weight excluding hydrogens is 328 g/mol. The molecule has 1 atom stereocenters. The Hall–Kier alpha value is -2.82. The Morgan fingerprint density at radius 3 is 2.54 bits per heavy atom. The molecule has 26 heavy (non-hydrogen) atoms. The van der Waals surface area contributed by atoms with E-state index in [9.17, 15) is 9.59 Å². The van der Waals surface area contributed by atoms with Gasteiger partial charge in [-0.3, -0.25) is 9.59 Å². The Morgan fingerprint density at radius 2 is 1.88 bits per heavy atom. The van der Waals surface area contributed by atoms with Gasteiger partial charge in [0.05, 0.1) is 12.6 Å². The van der Waals surface area contributed by atoms with E-state index in [1.807, 2.05) is 63.2 Å². The Kier molecular flexibility index (Phi) is 5.26. The first kappa shape index (κ1) is 18.0. The van der Waals surface area contributed by atoms with Crippen LogP contribution in [-0.4, -0.2) is 31.0 Å². The van der Waals surface area contributed by atoms with Crippen LogP contribution in [0.5, 0.6) is 5.75 Å². The first-order valence-electron chi connectivity index (χ1n) is 8.89. The van der Waals surface area contributed by atoms with Gasteiger partial charge in [0, 0.05) is 24.2 Å². The Labute approximate surface area is 154 Å². The van der Waals surface area contributed by atoms with Crippen molar-refractivity contribution in [1.82, 2.24) is 5.32 Å². The summed E-state index contributed by atoms with van der Waals surface area (Å²) in [6.45, 7) is 7.01. The summed E-state index contributed by atoms with van der Waals surface area (Å²) < 4.78 is 5.43. The number of carbonyl (C=O) groups is 2. The van der Waals surface area contributed by atoms with Gasteiger partial charge < -0.3 is 15.0 Å². The number of ether oxygens (including phenoxy) is 1. The van der Waals surface area contributed by atoms with E-state index in [2.05, 4.69) is 5.32 Å². The maximum Gasteiger partial charge on any atom is 0.251 e. The molecule has 1 heterocycles. The minimum atomic E-state index is -0.192. The van der Waals surface area contributed by atoms with Crippen molar-refractivity contribution < 1.29 is 14.3 Å². The first-order valence-corrected chi connectivity index (χ1v) is 8.89. The van der Waals surface area contributed by atoms with Gasteiger partial charge in [-0.1, -0.05) is 6.07 Å². The van der Waals surface area contributed by atoms with Crippen LogP contribution in [0.1, 0.15) is 34.8 Å². The van der Waals surface area contributed by atoms with Crippen molar-refractivity contribution in [3.8, 4) is 5.75 Å². The van der Waals surface area contributed by atoms with Crippen molar-refractivity contribution in [1.29, 1.82) is 0 Å². The van der Waals surface area contributed by atoms with E-state index in [1.165, 1.54) is 0 Å². The van der Waals surface area contributed by atoms with Crippen LogP contribution < -0.4 is 15.0 Å². The van der Waals surface area contributed by atoms with Crippen molar-refractivity contribution in [2.75, 3.05) is 18.1 Å². The van der Waals surface area contributed by atoms with Crippen LogP contribution in [0, 0.1) is 13.8 Å². The van der Waals surface area contributed by atoms with E-state index in [0.717, 1.165) is 22.6 Å². The molecule has 1 unspecified atom stereocenters. The largest absolute Gasteiger partial charge is 0.494 e. The van der Waals surface area contributed by atoms with E-state index in [-0.39, 0.29) is 17.9 Å². The Morgan fingerprint density at radius 1 is 1.15 bits per heavy atom. The van der Waals surface area contributed by atoms with Crippen LogP contribution >= 0.6 is 0 Å². The topological polar surface area (TPSA) is 58.6 Å². The number of carbonyl (C=O) groups excluding carboxylic acids is 2. The molecule has 0 bridgehead atoms. The molecule has 5 nitrogen and oxygen atoms in total. The second-order valence-electron chi connectivity index (χ2n) is 6.60. The SMILES string of the molecule is CCOc1ccc(N2CC(NC(=O)c3ccc(C)c(C)c3)CC2=O)cc1. The van der Waals surface area contributed by atoms with Gasteiger partial charge in [0.25, 0.3) is 5.91 Å². The highest BCUT2D eigenvalue weighted by molar-refractivity contribution is 5.99. The summed E-state index contributed by atoms with van der Waals surface area (Å²) in [7, 11) is 0. The molecule has 2 aromatic carbocycles. The fourth-order valence-corrected chi connectivity index (χ4v) is 3.09. The smallest absolute Gasteiger partial charge is 0.251 e. The number of amides is 2. The maximum atomic E-state index is 12.5. The number of hydrogen-bond acceptors (Lipinski definition) is 3. The summed E-state index contributed by atoms with van der Waals surface area (Å²) in [5, 5.41) is 2.98. The Balaban J connectivity index is 1.65. The molecule has 1 aliphatic rings. The third kappa shape index (κ3) is 3.87. The molecule has 0 aromatic heterocycles. The monoisotopic (exact) mass is 352 g/mol. The second kappa shape index (κ2) is 7.60. The minimum absolute atomic E-state index is 0.0135. The number of hydrogen-bond donors (Lipinski definition) is 1. The minimum Gasteiger partial charge on any atom is -0.494 e. The third-order valence-electron chi connectivity index (χ3n) is 4.69. The molecule has 0 radical (unpaired) electrons. The molecule has 3 rings (SSSR count). The lowest BCUT2D eigenvalue weighted by atomic mass is 10.1. The summed E-state index contributed by atoms with van der Waals surface area (Å²) in [5.41, 5.74) is 3.68. The summed E-state index contributed by atoms with van der Waals surface area (Å²) in [4.78, 5) is 26.5. The first-order chi connectivity index (χ1) is 12.5. The number of rotatable bonds is 5. The van der Waals surface area contributed by atoms with Gasteiger partial charge in [-0.2, -0.15) is 0 Å². The molecule has 1 N–H and O–H groups in total. The lowest BCUT2D eigenvalue weighted by Crippen LogP contribution is -2.37. The number of nitrogens with zero attached hydrogens (tertiary/aromatic N) is 1. The van der Waals surface area contributed by atoms with Crippen molar-refractivity contribution in [3.05, 3.63) is 59.2 Å². The lowest BCUT2D eigenvalue weighted by Gasteiger charge is -2.18. The standard InChI is InChI=1S/C21H24N2O3/c1-4-26-19-9-7-18(8-10-19)23-13-17(12-20(23)24)22-21(25)16-6-5-14(2)15(3)11-16/h5-11,17H,4,12-13H2,1-3H3,(H,22,25). The molecule has 0 spiro atoms. The molecule has 2 amide bonds. The molecule has 0 saturated carbocycles. The highest BCUT2D eigenvalue weighted by atomic mass is 16.5. The van der Waals surface area contributed by atoms with Gasteiger partial charge in [0.15, 0.2) is 0 Å². The number of aryl methyl sites for hydroxylation is 2. The van der Waals surface area contributed by atoms with Crippen molar-refractivity contribution in [2.24, 2.45) is 0 Å². The van der Waals surface area contributed by atoms with Crippen LogP contribution in [0.15, 0.2) is 42.5 Å². The molecule has 5 heteroatoms. The number of nitrogens with one attached hydrogen (secondary N) is 1. The highest BCUT2D eigenvalue weighted by Crippen LogP contribution is 2.24. The van der Waals surface area contributed by atoms with Crippen LogP contribution in [0.2, 0.25) is 0 Å². The highest BCUT2D eigenvalue weighted by Gasteiger charge is 2.31. The van der Waals surface area contributed by atoms with Gasteiger partial charge in [-0.05, 0) is 68.3 Å². The summed E-state index contributed by atoms with van der Waals surface area (Å²) in [6.07, 6.45) is 0.309. The van der Waals surface area contributed by atoms with Gasteiger partial charge in [-0.25, -0.2) is 0 Å². The van der Waals surface area contributed by atoms with E-state index < -0.39 is 0 Å². The van der Waals surface area contributed by atoms with E-state index in [1.54, 1.807) is 4.90 Å². The molecule has 1 saturated heterocycles. The van der Waals surface area contributed by atoms with Gasteiger partial charge in [-0.15, -0.1) is 0 Å². The normalized spacial score (nSPS) is 16.7. The van der Waals surface area contributed by atoms with Crippen molar-refractivity contribution in [2.45, 2.75) is 33.2 Å². The average Bonchev–Trinajstić information content (AvgIpc) is 2.98. The van der Waals surface area contributed by atoms with Crippen molar-refractivity contribution in [3.63, 3.8) is 0 Å².